The van der Waals surface area contributed by atoms with E-state index in [9.17, 15) is 4.39 Å². The lowest BCUT2D eigenvalue weighted by Crippen LogP contribution is -2.47. The predicted molar refractivity (Wildman–Crippen MR) is 104 cm³/mol. The molecule has 2 fully saturated rings. The predicted octanol–water partition coefficient (Wildman–Crippen LogP) is 3.58. The van der Waals surface area contributed by atoms with Gasteiger partial charge in [-0.15, -0.1) is 24.0 Å². The molecule has 3 unspecified atom stereocenters. The zero-order valence-corrected chi connectivity index (χ0v) is 16.9. The van der Waals surface area contributed by atoms with Crippen molar-refractivity contribution in [3.8, 4) is 0 Å². The number of ether oxygens (including phenoxy) is 1. The van der Waals surface area contributed by atoms with E-state index in [0.29, 0.717) is 29.3 Å². The van der Waals surface area contributed by atoms with E-state index in [1.54, 1.807) is 6.07 Å². The van der Waals surface area contributed by atoms with Gasteiger partial charge in [-0.2, -0.15) is 0 Å². The molecule has 0 amide bonds. The van der Waals surface area contributed by atoms with Gasteiger partial charge in [0.15, 0.2) is 5.96 Å². The van der Waals surface area contributed by atoms with Crippen LogP contribution in [0.4, 0.5) is 4.39 Å². The zero-order valence-electron chi connectivity index (χ0n) is 13.0. The van der Waals surface area contributed by atoms with Gasteiger partial charge >= 0.3 is 0 Å². The molecule has 3 atom stereocenters. The Balaban J connectivity index is 0.00000192. The molecule has 2 saturated heterocycles. The number of fused-ring (bicyclic) bond motifs is 2. The Morgan fingerprint density at radius 2 is 2.26 bits per heavy atom. The number of hydrogen-bond donors (Lipinski definition) is 2. The number of guanidine groups is 1. The van der Waals surface area contributed by atoms with Crippen molar-refractivity contribution >= 4 is 45.9 Å². The average Bonchev–Trinajstić information content (AvgIpc) is 3.11. The van der Waals surface area contributed by atoms with Gasteiger partial charge in [0.25, 0.3) is 0 Å². The van der Waals surface area contributed by atoms with Crippen LogP contribution in [0.5, 0.6) is 0 Å². The third-order valence-corrected chi connectivity index (χ3v) is 4.82. The largest absolute Gasteiger partial charge is 0.373 e. The minimum Gasteiger partial charge on any atom is -0.373 e. The van der Waals surface area contributed by atoms with Gasteiger partial charge < -0.3 is 15.4 Å². The molecule has 0 saturated carbocycles. The van der Waals surface area contributed by atoms with Crippen molar-refractivity contribution in [1.29, 1.82) is 0 Å². The molecular formula is C16H22BrFIN3O. The van der Waals surface area contributed by atoms with Crippen molar-refractivity contribution in [2.75, 3.05) is 6.54 Å². The monoisotopic (exact) mass is 497 g/mol. The minimum absolute atomic E-state index is 0. The number of benzene rings is 1. The third kappa shape index (κ3) is 4.79. The van der Waals surface area contributed by atoms with Gasteiger partial charge in [-0.3, -0.25) is 0 Å². The number of halogens is 3. The molecule has 2 aliphatic rings. The highest BCUT2D eigenvalue weighted by Gasteiger charge is 2.41. The highest BCUT2D eigenvalue weighted by molar-refractivity contribution is 14.0. The molecule has 2 N–H and O–H groups in total. The number of rotatable bonds is 4. The molecule has 0 aromatic heterocycles. The standard InChI is InChI=1S/C16H21BrFN3O.HI/c1-2-19-16(21-14-8-11-4-6-15(14)22-11)20-9-10-3-5-12(17)13(18)7-10;/h3,5,7,11,14-15H,2,4,6,8-9H2,1H3,(H2,19,20,21);1H. The summed E-state index contributed by atoms with van der Waals surface area (Å²) in [4.78, 5) is 4.56. The van der Waals surface area contributed by atoms with Crippen molar-refractivity contribution in [3.05, 3.63) is 34.1 Å². The Kier molecular flexibility index (Phi) is 7.09. The first-order chi connectivity index (χ1) is 10.7. The second-order valence-electron chi connectivity index (χ2n) is 5.80. The van der Waals surface area contributed by atoms with Gasteiger partial charge in [0, 0.05) is 6.54 Å². The molecule has 0 spiro atoms. The van der Waals surface area contributed by atoms with Crippen LogP contribution in [-0.2, 0) is 11.3 Å². The van der Waals surface area contributed by atoms with E-state index >= 15 is 0 Å². The van der Waals surface area contributed by atoms with Gasteiger partial charge in [0.2, 0.25) is 0 Å². The summed E-state index contributed by atoms with van der Waals surface area (Å²) < 4.78 is 19.9. The van der Waals surface area contributed by atoms with Crippen LogP contribution in [0, 0.1) is 5.82 Å². The lowest BCUT2D eigenvalue weighted by Gasteiger charge is -2.22. The fourth-order valence-electron chi connectivity index (χ4n) is 3.09. The summed E-state index contributed by atoms with van der Waals surface area (Å²) in [7, 11) is 0. The summed E-state index contributed by atoms with van der Waals surface area (Å²) in [5.74, 6) is 0.513. The van der Waals surface area contributed by atoms with E-state index in [0.717, 1.165) is 30.9 Å². The van der Waals surface area contributed by atoms with Gasteiger partial charge in [-0.1, -0.05) is 6.07 Å². The van der Waals surface area contributed by atoms with E-state index in [1.807, 2.05) is 13.0 Å². The summed E-state index contributed by atoms with van der Waals surface area (Å²) in [6.07, 6.45) is 4.06. The summed E-state index contributed by atoms with van der Waals surface area (Å²) in [6.45, 7) is 3.28. The smallest absolute Gasteiger partial charge is 0.191 e. The maximum Gasteiger partial charge on any atom is 0.191 e. The second kappa shape index (κ2) is 8.62. The Hall–Kier alpha value is -0.410. The lowest BCUT2D eigenvalue weighted by atomic mass is 9.96. The number of nitrogens with zero attached hydrogens (tertiary/aromatic N) is 1. The van der Waals surface area contributed by atoms with Crippen LogP contribution in [0.25, 0.3) is 0 Å². The molecule has 23 heavy (non-hydrogen) atoms. The lowest BCUT2D eigenvalue weighted by molar-refractivity contribution is 0.0992. The van der Waals surface area contributed by atoms with Crippen LogP contribution in [-0.4, -0.2) is 30.8 Å². The van der Waals surface area contributed by atoms with Crippen molar-refractivity contribution < 1.29 is 9.13 Å². The number of hydrogen-bond acceptors (Lipinski definition) is 2. The third-order valence-electron chi connectivity index (χ3n) is 4.18. The zero-order chi connectivity index (χ0) is 15.5. The van der Waals surface area contributed by atoms with Crippen LogP contribution >= 0.6 is 39.9 Å². The number of aliphatic imine (C=N–C) groups is 1. The molecule has 2 bridgehead atoms. The van der Waals surface area contributed by atoms with E-state index in [2.05, 4.69) is 31.6 Å². The fraction of sp³-hybridized carbons (Fsp3) is 0.562. The van der Waals surface area contributed by atoms with E-state index in [4.69, 9.17) is 4.74 Å². The molecule has 0 aliphatic carbocycles. The topological polar surface area (TPSA) is 45.7 Å². The van der Waals surface area contributed by atoms with Crippen LogP contribution in [0.1, 0.15) is 31.7 Å². The van der Waals surface area contributed by atoms with Gasteiger partial charge in [-0.05, 0) is 59.8 Å². The summed E-state index contributed by atoms with van der Waals surface area (Å²) in [5, 5.41) is 6.70. The molecule has 0 radical (unpaired) electrons. The molecule has 3 rings (SSSR count). The van der Waals surface area contributed by atoms with E-state index in [-0.39, 0.29) is 29.8 Å². The Morgan fingerprint density at radius 1 is 1.43 bits per heavy atom. The molecule has 2 heterocycles. The van der Waals surface area contributed by atoms with Gasteiger partial charge in [-0.25, -0.2) is 9.38 Å². The highest BCUT2D eigenvalue weighted by Crippen LogP contribution is 2.34. The van der Waals surface area contributed by atoms with Crippen molar-refractivity contribution in [2.24, 2.45) is 4.99 Å². The Morgan fingerprint density at radius 3 is 2.87 bits per heavy atom. The van der Waals surface area contributed by atoms with Crippen molar-refractivity contribution in [3.63, 3.8) is 0 Å². The molecule has 1 aromatic carbocycles. The first-order valence-electron chi connectivity index (χ1n) is 7.80. The summed E-state index contributed by atoms with van der Waals surface area (Å²) in [6, 6.07) is 5.43. The van der Waals surface area contributed by atoms with Crippen LogP contribution in [0.3, 0.4) is 0 Å². The minimum atomic E-state index is -0.257. The molecular weight excluding hydrogens is 476 g/mol. The Labute approximate surface area is 161 Å². The van der Waals surface area contributed by atoms with Crippen LogP contribution in [0.2, 0.25) is 0 Å². The van der Waals surface area contributed by atoms with Gasteiger partial charge in [0.1, 0.15) is 5.82 Å². The molecule has 1 aromatic rings. The summed E-state index contributed by atoms with van der Waals surface area (Å²) in [5.41, 5.74) is 0.849. The Bertz CT molecular complexity index is 572. The van der Waals surface area contributed by atoms with Crippen LogP contribution < -0.4 is 10.6 Å². The van der Waals surface area contributed by atoms with Crippen LogP contribution in [0.15, 0.2) is 27.7 Å². The second-order valence-corrected chi connectivity index (χ2v) is 6.66. The first-order valence-corrected chi connectivity index (χ1v) is 8.59. The summed E-state index contributed by atoms with van der Waals surface area (Å²) >= 11 is 3.16. The molecule has 4 nitrogen and oxygen atoms in total. The van der Waals surface area contributed by atoms with E-state index in [1.165, 1.54) is 12.5 Å². The van der Waals surface area contributed by atoms with Gasteiger partial charge in [0.05, 0.1) is 29.3 Å². The molecule has 2 aliphatic heterocycles. The molecule has 128 valence electrons. The normalized spacial score (nSPS) is 26.0. The highest BCUT2D eigenvalue weighted by atomic mass is 127. The average molecular weight is 498 g/mol. The maximum absolute atomic E-state index is 13.5. The number of nitrogens with one attached hydrogen (secondary N) is 2. The van der Waals surface area contributed by atoms with Crippen molar-refractivity contribution in [2.45, 2.75) is 51.0 Å². The van der Waals surface area contributed by atoms with E-state index < -0.39 is 0 Å². The SMILES string of the molecule is CCNC(=NCc1ccc(Br)c(F)c1)NC1CC2CCC1O2.I. The van der Waals surface area contributed by atoms with Crippen molar-refractivity contribution in [1.82, 2.24) is 10.6 Å². The maximum atomic E-state index is 13.5. The fourth-order valence-corrected chi connectivity index (χ4v) is 3.34. The first kappa shape index (κ1) is 18.9. The quantitative estimate of drug-likeness (QED) is 0.379. The molecule has 7 heteroatoms.